The second-order valence-electron chi connectivity index (χ2n) is 5.27. The minimum Gasteiger partial charge on any atom is -0.328 e. The molecule has 0 saturated carbocycles. The van der Waals surface area contributed by atoms with Gasteiger partial charge in [0.25, 0.3) is 11.8 Å². The Balaban J connectivity index is 1.66. The molecule has 0 unspecified atom stereocenters. The molecule has 24 heavy (non-hydrogen) atoms. The predicted molar refractivity (Wildman–Crippen MR) is 92.1 cm³/mol. The lowest BCUT2D eigenvalue weighted by atomic mass is 10.1. The monoisotopic (exact) mass is 320 g/mol. The van der Waals surface area contributed by atoms with Gasteiger partial charge in [0.2, 0.25) is 5.95 Å². The van der Waals surface area contributed by atoms with Crippen LogP contribution in [0.2, 0.25) is 0 Å². The van der Waals surface area contributed by atoms with Crippen LogP contribution >= 0.6 is 0 Å². The van der Waals surface area contributed by atoms with Gasteiger partial charge in [-0.3, -0.25) is 14.9 Å². The molecule has 0 fully saturated rings. The van der Waals surface area contributed by atoms with E-state index in [2.05, 4.69) is 20.6 Å². The second kappa shape index (κ2) is 6.78. The van der Waals surface area contributed by atoms with Gasteiger partial charge >= 0.3 is 0 Å². The quantitative estimate of drug-likeness (QED) is 0.690. The zero-order valence-electron chi connectivity index (χ0n) is 13.0. The van der Waals surface area contributed by atoms with Crippen molar-refractivity contribution in [2.75, 3.05) is 10.6 Å². The molecule has 0 spiro atoms. The molecule has 120 valence electrons. The Hall–Kier alpha value is -3.41. The predicted octanol–water partition coefficient (Wildman–Crippen LogP) is 3.22. The van der Waals surface area contributed by atoms with Gasteiger partial charge in [-0.2, -0.15) is 0 Å². The van der Waals surface area contributed by atoms with E-state index in [1.54, 1.807) is 30.5 Å². The van der Waals surface area contributed by atoms with Crippen LogP contribution in [0.15, 0.2) is 60.8 Å². The third kappa shape index (κ3) is 3.67. The number of hydrogen-bond donors (Lipinski definition) is 3. The highest BCUT2D eigenvalue weighted by Crippen LogP contribution is 2.11. The number of para-hydroxylation sites is 1. The van der Waals surface area contributed by atoms with Crippen molar-refractivity contribution in [3.8, 4) is 0 Å². The summed E-state index contributed by atoms with van der Waals surface area (Å²) in [7, 11) is 0. The lowest BCUT2D eigenvalue weighted by Gasteiger charge is -2.06. The first kappa shape index (κ1) is 15.5. The number of carbonyl (C=O) groups is 2. The second-order valence-corrected chi connectivity index (χ2v) is 5.27. The van der Waals surface area contributed by atoms with Gasteiger partial charge in [0.05, 0.1) is 0 Å². The third-order valence-corrected chi connectivity index (χ3v) is 3.38. The Morgan fingerprint density at radius 3 is 2.00 bits per heavy atom. The number of aromatic nitrogens is 2. The van der Waals surface area contributed by atoms with E-state index in [-0.39, 0.29) is 11.8 Å². The van der Waals surface area contributed by atoms with Gasteiger partial charge in [0, 0.05) is 28.7 Å². The number of benzene rings is 2. The highest BCUT2D eigenvalue weighted by molar-refractivity contribution is 6.06. The van der Waals surface area contributed by atoms with Crippen LogP contribution < -0.4 is 10.6 Å². The summed E-state index contributed by atoms with van der Waals surface area (Å²) in [6, 6.07) is 15.6. The molecule has 3 aromatic rings. The summed E-state index contributed by atoms with van der Waals surface area (Å²) < 4.78 is 0. The molecular weight excluding hydrogens is 304 g/mol. The van der Waals surface area contributed by atoms with Crippen molar-refractivity contribution < 1.29 is 9.59 Å². The molecule has 1 heterocycles. The molecule has 0 bridgehead atoms. The number of amides is 2. The van der Waals surface area contributed by atoms with Crippen LogP contribution in [-0.2, 0) is 0 Å². The van der Waals surface area contributed by atoms with Gasteiger partial charge in [0.15, 0.2) is 0 Å². The average molecular weight is 320 g/mol. The molecular formula is C18H16N4O2. The molecule has 3 rings (SSSR count). The topological polar surface area (TPSA) is 86.9 Å². The number of rotatable bonds is 4. The summed E-state index contributed by atoms with van der Waals surface area (Å²) in [6.45, 7) is 1.85. The number of nitrogens with zero attached hydrogens (tertiary/aromatic N) is 1. The van der Waals surface area contributed by atoms with E-state index in [0.717, 1.165) is 11.4 Å². The molecule has 6 nitrogen and oxygen atoms in total. The molecule has 0 atom stereocenters. The van der Waals surface area contributed by atoms with Crippen molar-refractivity contribution in [1.29, 1.82) is 0 Å². The van der Waals surface area contributed by atoms with Crippen molar-refractivity contribution in [3.05, 3.63) is 77.6 Å². The maximum absolute atomic E-state index is 12.2. The largest absolute Gasteiger partial charge is 0.328 e. The molecule has 3 N–H and O–H groups in total. The van der Waals surface area contributed by atoms with E-state index in [1.165, 1.54) is 0 Å². The molecule has 1 aromatic heterocycles. The number of carbonyl (C=O) groups excluding carboxylic acids is 2. The van der Waals surface area contributed by atoms with Gasteiger partial charge in [-0.1, -0.05) is 18.2 Å². The van der Waals surface area contributed by atoms with Crippen LogP contribution in [0, 0.1) is 6.92 Å². The average Bonchev–Trinajstić information content (AvgIpc) is 3.00. The van der Waals surface area contributed by atoms with Crippen molar-refractivity contribution in [2.45, 2.75) is 6.92 Å². The first-order valence-electron chi connectivity index (χ1n) is 7.41. The van der Waals surface area contributed by atoms with Crippen molar-refractivity contribution >= 4 is 23.5 Å². The third-order valence-electron chi connectivity index (χ3n) is 3.38. The molecule has 0 saturated heterocycles. The van der Waals surface area contributed by atoms with E-state index in [4.69, 9.17) is 0 Å². The Bertz CT molecular complexity index is 854. The first-order chi connectivity index (χ1) is 11.6. The fourth-order valence-corrected chi connectivity index (χ4v) is 2.15. The fraction of sp³-hybridized carbons (Fsp3) is 0.0556. The smallest absolute Gasteiger partial charge is 0.257 e. The van der Waals surface area contributed by atoms with Crippen molar-refractivity contribution in [1.82, 2.24) is 9.97 Å². The molecule has 0 aliphatic rings. The van der Waals surface area contributed by atoms with E-state index in [0.29, 0.717) is 17.1 Å². The summed E-state index contributed by atoms with van der Waals surface area (Å²) in [6.07, 6.45) is 1.63. The summed E-state index contributed by atoms with van der Waals surface area (Å²) >= 11 is 0. The van der Waals surface area contributed by atoms with Gasteiger partial charge < -0.3 is 10.3 Å². The maximum Gasteiger partial charge on any atom is 0.257 e. The first-order valence-corrected chi connectivity index (χ1v) is 7.41. The van der Waals surface area contributed by atoms with Crippen molar-refractivity contribution in [2.24, 2.45) is 0 Å². The maximum atomic E-state index is 12.2. The normalized spacial score (nSPS) is 10.2. The minimum absolute atomic E-state index is 0.227. The van der Waals surface area contributed by atoms with Crippen LogP contribution in [-0.4, -0.2) is 21.8 Å². The molecule has 0 aliphatic heterocycles. The summed E-state index contributed by atoms with van der Waals surface area (Å²) in [5, 5.41) is 5.46. The fourth-order valence-electron chi connectivity index (χ4n) is 2.15. The number of anilines is 2. The Labute approximate surface area is 138 Å². The van der Waals surface area contributed by atoms with E-state index < -0.39 is 0 Å². The Morgan fingerprint density at radius 2 is 1.46 bits per heavy atom. The molecule has 2 aromatic carbocycles. The highest BCUT2D eigenvalue weighted by atomic mass is 16.2. The standard InChI is InChI=1S/C18H16N4O2/c1-12-11-19-18(20-12)22-17(24)14-9-7-13(8-10-14)16(23)21-15-5-3-2-4-6-15/h2-11H,1H3,(H,21,23)(H2,19,20,22,24). The zero-order chi connectivity index (χ0) is 16.9. The van der Waals surface area contributed by atoms with Crippen LogP contribution in [0.4, 0.5) is 11.6 Å². The molecule has 0 radical (unpaired) electrons. The van der Waals surface area contributed by atoms with Crippen LogP contribution in [0.1, 0.15) is 26.4 Å². The number of H-pyrrole nitrogens is 1. The van der Waals surface area contributed by atoms with Gasteiger partial charge in [0.1, 0.15) is 0 Å². The van der Waals surface area contributed by atoms with Crippen LogP contribution in [0.5, 0.6) is 0 Å². The Kier molecular flexibility index (Phi) is 4.38. The van der Waals surface area contributed by atoms with E-state index >= 15 is 0 Å². The number of aromatic amines is 1. The van der Waals surface area contributed by atoms with Gasteiger partial charge in [-0.25, -0.2) is 4.98 Å². The summed E-state index contributed by atoms with van der Waals surface area (Å²) in [5.74, 6) is -0.127. The molecule has 2 amide bonds. The SMILES string of the molecule is Cc1cnc(NC(=O)c2ccc(C(=O)Nc3ccccc3)cc2)[nH]1. The van der Waals surface area contributed by atoms with Crippen LogP contribution in [0.25, 0.3) is 0 Å². The lowest BCUT2D eigenvalue weighted by molar-refractivity contribution is 0.101. The van der Waals surface area contributed by atoms with Crippen molar-refractivity contribution in [3.63, 3.8) is 0 Å². The van der Waals surface area contributed by atoms with Gasteiger partial charge in [-0.15, -0.1) is 0 Å². The van der Waals surface area contributed by atoms with E-state index in [9.17, 15) is 9.59 Å². The number of imidazole rings is 1. The van der Waals surface area contributed by atoms with E-state index in [1.807, 2.05) is 37.3 Å². The molecule has 6 heteroatoms. The number of hydrogen-bond acceptors (Lipinski definition) is 3. The number of nitrogens with one attached hydrogen (secondary N) is 3. The Morgan fingerprint density at radius 1 is 0.875 bits per heavy atom. The minimum atomic E-state index is -0.292. The van der Waals surface area contributed by atoms with Gasteiger partial charge in [-0.05, 0) is 43.3 Å². The summed E-state index contributed by atoms with van der Waals surface area (Å²) in [5.41, 5.74) is 2.50. The zero-order valence-corrected chi connectivity index (χ0v) is 13.0. The number of aryl methyl sites for hydroxylation is 1. The highest BCUT2D eigenvalue weighted by Gasteiger charge is 2.10. The van der Waals surface area contributed by atoms with Crippen LogP contribution in [0.3, 0.4) is 0 Å². The summed E-state index contributed by atoms with van der Waals surface area (Å²) in [4.78, 5) is 31.2. The lowest BCUT2D eigenvalue weighted by Crippen LogP contribution is -2.15. The molecule has 0 aliphatic carbocycles.